The summed E-state index contributed by atoms with van der Waals surface area (Å²) >= 11 is 0. The van der Waals surface area contributed by atoms with Crippen molar-refractivity contribution in [1.82, 2.24) is 15.3 Å². The van der Waals surface area contributed by atoms with E-state index in [1.54, 1.807) is 0 Å². The summed E-state index contributed by atoms with van der Waals surface area (Å²) in [6, 6.07) is 0. The van der Waals surface area contributed by atoms with Crippen LogP contribution in [0.2, 0.25) is 0 Å². The van der Waals surface area contributed by atoms with Gasteiger partial charge in [-0.2, -0.15) is 0 Å². The lowest BCUT2D eigenvalue weighted by Crippen LogP contribution is -2.33. The van der Waals surface area contributed by atoms with E-state index in [0.29, 0.717) is 24.2 Å². The van der Waals surface area contributed by atoms with Gasteiger partial charge in [-0.3, -0.25) is 4.79 Å². The number of hydrogen-bond donors (Lipinski definition) is 2. The number of fused-ring (bicyclic) bond motifs is 1. The number of H-pyrrole nitrogens is 1. The molecular weight excluding hydrogens is 242 g/mol. The monoisotopic (exact) mass is 257 g/mol. The van der Waals surface area contributed by atoms with Crippen LogP contribution < -0.4 is 10.9 Å². The average Bonchev–Trinajstić information content (AvgIpc) is 2.27. The van der Waals surface area contributed by atoms with Gasteiger partial charge in [0.15, 0.2) is 9.84 Å². The zero-order chi connectivity index (χ0) is 12.6. The fraction of sp³-hybridized carbons (Fsp3) is 0.600. The maximum absolute atomic E-state index is 11.8. The quantitative estimate of drug-likeness (QED) is 0.746. The predicted molar refractivity (Wildman–Crippen MR) is 63.5 cm³/mol. The molecule has 0 bridgehead atoms. The minimum atomic E-state index is -3.25. The highest BCUT2D eigenvalue weighted by molar-refractivity contribution is 7.90. The van der Waals surface area contributed by atoms with Crippen molar-refractivity contribution >= 4 is 9.84 Å². The van der Waals surface area contributed by atoms with Gasteiger partial charge in [0, 0.05) is 25.8 Å². The molecule has 17 heavy (non-hydrogen) atoms. The zero-order valence-electron chi connectivity index (χ0n) is 9.78. The standard InChI is InChI=1S/C10H15N3O3S/c1-6(17(2,15)16)9-12-8-3-4-11-5-7(8)10(14)13-9/h6,11H,3-5H2,1-2H3,(H,12,13,14). The normalized spacial score (nSPS) is 17.5. The van der Waals surface area contributed by atoms with Gasteiger partial charge in [0.25, 0.3) is 5.56 Å². The summed E-state index contributed by atoms with van der Waals surface area (Å²) in [6.45, 7) is 2.78. The van der Waals surface area contributed by atoms with E-state index in [1.807, 2.05) is 0 Å². The molecule has 7 heteroatoms. The fourth-order valence-corrected chi connectivity index (χ4v) is 2.29. The molecule has 1 aliphatic heterocycles. The van der Waals surface area contributed by atoms with Crippen molar-refractivity contribution in [2.75, 3.05) is 12.8 Å². The number of rotatable bonds is 2. The number of nitrogens with one attached hydrogen (secondary N) is 2. The van der Waals surface area contributed by atoms with Crippen LogP contribution in [0.25, 0.3) is 0 Å². The Kier molecular flexibility index (Phi) is 3.05. The van der Waals surface area contributed by atoms with Gasteiger partial charge in [0.1, 0.15) is 11.1 Å². The minimum Gasteiger partial charge on any atom is -0.312 e. The van der Waals surface area contributed by atoms with Crippen molar-refractivity contribution in [3.05, 3.63) is 27.4 Å². The summed E-state index contributed by atoms with van der Waals surface area (Å²) in [7, 11) is -3.25. The molecule has 0 saturated carbocycles. The molecule has 1 atom stereocenters. The summed E-state index contributed by atoms with van der Waals surface area (Å²) in [4.78, 5) is 18.6. The lowest BCUT2D eigenvalue weighted by Gasteiger charge is -2.17. The molecule has 1 aromatic rings. The first-order valence-electron chi connectivity index (χ1n) is 5.41. The number of aromatic amines is 1. The predicted octanol–water partition coefficient (Wildman–Crippen LogP) is -0.479. The Labute approximate surface area is 99.4 Å². The molecular formula is C10H15N3O3S. The van der Waals surface area contributed by atoms with Crippen LogP contribution in [0.5, 0.6) is 0 Å². The molecule has 1 aliphatic rings. The van der Waals surface area contributed by atoms with Crippen molar-refractivity contribution in [3.63, 3.8) is 0 Å². The van der Waals surface area contributed by atoms with Gasteiger partial charge < -0.3 is 10.3 Å². The lowest BCUT2D eigenvalue weighted by atomic mass is 10.1. The van der Waals surface area contributed by atoms with Crippen molar-refractivity contribution in [2.45, 2.75) is 25.1 Å². The van der Waals surface area contributed by atoms with Crippen LogP contribution in [0.4, 0.5) is 0 Å². The molecule has 2 heterocycles. The van der Waals surface area contributed by atoms with Crippen LogP contribution in [0.15, 0.2) is 4.79 Å². The lowest BCUT2D eigenvalue weighted by molar-refractivity contribution is 0.583. The molecule has 6 nitrogen and oxygen atoms in total. The summed E-state index contributed by atoms with van der Waals surface area (Å²) in [5, 5.41) is 2.30. The molecule has 94 valence electrons. The van der Waals surface area contributed by atoms with Crippen LogP contribution in [0, 0.1) is 0 Å². The molecule has 1 aromatic heterocycles. The highest BCUT2D eigenvalue weighted by atomic mass is 32.2. The third-order valence-corrected chi connectivity index (χ3v) is 4.49. The summed E-state index contributed by atoms with van der Waals surface area (Å²) in [5.74, 6) is 0.234. The number of nitrogens with zero attached hydrogens (tertiary/aromatic N) is 1. The van der Waals surface area contributed by atoms with E-state index < -0.39 is 15.1 Å². The van der Waals surface area contributed by atoms with Crippen molar-refractivity contribution < 1.29 is 8.42 Å². The molecule has 0 saturated heterocycles. The molecule has 1 unspecified atom stereocenters. The number of aromatic nitrogens is 2. The Bertz CT molecular complexity index is 591. The SMILES string of the molecule is CC(c1nc2c(c(=O)[nH]1)CNCC2)S(C)(=O)=O. The van der Waals surface area contributed by atoms with E-state index in [-0.39, 0.29) is 11.4 Å². The Balaban J connectivity index is 2.52. The van der Waals surface area contributed by atoms with Gasteiger partial charge in [-0.25, -0.2) is 13.4 Å². The Morgan fingerprint density at radius 1 is 1.41 bits per heavy atom. The van der Waals surface area contributed by atoms with Gasteiger partial charge in [0.05, 0.1) is 11.3 Å². The number of hydrogen-bond acceptors (Lipinski definition) is 5. The van der Waals surface area contributed by atoms with Gasteiger partial charge >= 0.3 is 0 Å². The average molecular weight is 257 g/mol. The molecule has 2 N–H and O–H groups in total. The Morgan fingerprint density at radius 2 is 2.12 bits per heavy atom. The highest BCUT2D eigenvalue weighted by Gasteiger charge is 2.23. The first kappa shape index (κ1) is 12.3. The molecule has 0 amide bonds. The number of sulfone groups is 1. The van der Waals surface area contributed by atoms with Gasteiger partial charge in [0.2, 0.25) is 0 Å². The first-order chi connectivity index (χ1) is 7.89. The molecule has 0 radical (unpaired) electrons. The van der Waals surface area contributed by atoms with Crippen LogP contribution in [-0.2, 0) is 22.8 Å². The van der Waals surface area contributed by atoms with Crippen LogP contribution in [0.1, 0.15) is 29.3 Å². The maximum atomic E-state index is 11.8. The van der Waals surface area contributed by atoms with E-state index in [4.69, 9.17) is 0 Å². The van der Waals surface area contributed by atoms with E-state index in [2.05, 4.69) is 15.3 Å². The zero-order valence-corrected chi connectivity index (χ0v) is 10.6. The summed E-state index contributed by atoms with van der Waals surface area (Å²) in [5.41, 5.74) is 1.08. The van der Waals surface area contributed by atoms with E-state index >= 15 is 0 Å². The topological polar surface area (TPSA) is 91.9 Å². The van der Waals surface area contributed by atoms with E-state index in [9.17, 15) is 13.2 Å². The van der Waals surface area contributed by atoms with Crippen molar-refractivity contribution in [1.29, 1.82) is 0 Å². The van der Waals surface area contributed by atoms with E-state index in [0.717, 1.165) is 12.8 Å². The van der Waals surface area contributed by atoms with Crippen molar-refractivity contribution in [3.8, 4) is 0 Å². The van der Waals surface area contributed by atoms with Crippen LogP contribution in [-0.4, -0.2) is 31.2 Å². The Hall–Kier alpha value is -1.21. The molecule has 0 aromatic carbocycles. The first-order valence-corrected chi connectivity index (χ1v) is 7.36. The minimum absolute atomic E-state index is 0.234. The smallest absolute Gasteiger partial charge is 0.255 e. The summed E-state index contributed by atoms with van der Waals surface area (Å²) in [6.07, 6.45) is 1.79. The second kappa shape index (κ2) is 4.23. The molecule has 0 aliphatic carbocycles. The van der Waals surface area contributed by atoms with Gasteiger partial charge in [-0.05, 0) is 6.92 Å². The maximum Gasteiger partial charge on any atom is 0.255 e. The molecule has 0 fully saturated rings. The Morgan fingerprint density at radius 3 is 2.76 bits per heavy atom. The molecule has 0 spiro atoms. The van der Waals surface area contributed by atoms with Crippen LogP contribution >= 0.6 is 0 Å². The third kappa shape index (κ3) is 2.39. The second-order valence-corrected chi connectivity index (χ2v) is 6.64. The van der Waals surface area contributed by atoms with Gasteiger partial charge in [-0.1, -0.05) is 0 Å². The van der Waals surface area contributed by atoms with Crippen molar-refractivity contribution in [2.24, 2.45) is 0 Å². The summed E-state index contributed by atoms with van der Waals surface area (Å²) < 4.78 is 22.9. The second-order valence-electron chi connectivity index (χ2n) is 4.27. The highest BCUT2D eigenvalue weighted by Crippen LogP contribution is 2.17. The largest absolute Gasteiger partial charge is 0.312 e. The van der Waals surface area contributed by atoms with E-state index in [1.165, 1.54) is 6.92 Å². The van der Waals surface area contributed by atoms with Crippen LogP contribution in [0.3, 0.4) is 0 Å². The molecule has 2 rings (SSSR count). The third-order valence-electron chi connectivity index (χ3n) is 2.99. The fourth-order valence-electron chi connectivity index (χ4n) is 1.77. The van der Waals surface area contributed by atoms with Gasteiger partial charge in [-0.15, -0.1) is 0 Å².